The van der Waals surface area contributed by atoms with Crippen molar-refractivity contribution in [1.29, 1.82) is 0 Å². The molecule has 1 aliphatic heterocycles. The number of hydrogen-bond donors (Lipinski definition) is 2. The van der Waals surface area contributed by atoms with Crippen molar-refractivity contribution in [2.75, 3.05) is 19.6 Å². The van der Waals surface area contributed by atoms with Gasteiger partial charge in [0.25, 0.3) is 5.91 Å². The number of nitrogens with one attached hydrogen (secondary N) is 1. The topological polar surface area (TPSA) is 92.5 Å². The Morgan fingerprint density at radius 1 is 1.32 bits per heavy atom. The zero-order valence-electron chi connectivity index (χ0n) is 14.9. The molecular formula is C17H28ClN3O3S. The molecule has 0 aromatic heterocycles. The lowest BCUT2D eigenvalue weighted by atomic mass is 10.1. The molecule has 1 fully saturated rings. The first kappa shape index (κ1) is 21.9. The highest BCUT2D eigenvalue weighted by atomic mass is 35.5. The standard InChI is InChI=1S/C17H27N3O3S.ClH/c1-12(2)10-19-24(22,23)16-6-4-15(5-7-16)17(21)20-11-14(9-18)8-13(20)3;/h4-7,12-14,19H,8-11,18H2,1-3H3;1H. The summed E-state index contributed by atoms with van der Waals surface area (Å²) in [6.45, 7) is 7.52. The van der Waals surface area contributed by atoms with E-state index in [-0.39, 0.29) is 35.2 Å². The molecule has 8 heteroatoms. The van der Waals surface area contributed by atoms with E-state index in [0.29, 0.717) is 31.1 Å². The van der Waals surface area contributed by atoms with Gasteiger partial charge in [0, 0.05) is 24.7 Å². The van der Waals surface area contributed by atoms with E-state index in [0.717, 1.165) is 6.42 Å². The molecule has 1 heterocycles. The maximum Gasteiger partial charge on any atom is 0.254 e. The molecule has 1 aromatic rings. The minimum absolute atomic E-state index is 0. The number of carbonyl (C=O) groups excluding carboxylic acids is 1. The number of carbonyl (C=O) groups is 1. The Morgan fingerprint density at radius 3 is 2.40 bits per heavy atom. The lowest BCUT2D eigenvalue weighted by Crippen LogP contribution is -2.34. The molecule has 1 saturated heterocycles. The molecule has 25 heavy (non-hydrogen) atoms. The van der Waals surface area contributed by atoms with Gasteiger partial charge in [-0.2, -0.15) is 0 Å². The number of rotatable bonds is 6. The Bertz CT molecular complexity index is 677. The summed E-state index contributed by atoms with van der Waals surface area (Å²) in [5.41, 5.74) is 6.21. The van der Waals surface area contributed by atoms with Crippen LogP contribution in [0.3, 0.4) is 0 Å². The van der Waals surface area contributed by atoms with Crippen LogP contribution < -0.4 is 10.5 Å². The summed E-state index contributed by atoms with van der Waals surface area (Å²) in [6.07, 6.45) is 0.911. The fourth-order valence-electron chi connectivity index (χ4n) is 2.90. The third-order valence-electron chi connectivity index (χ3n) is 4.35. The van der Waals surface area contributed by atoms with Crippen molar-refractivity contribution >= 4 is 28.3 Å². The molecule has 0 radical (unpaired) electrons. The lowest BCUT2D eigenvalue weighted by molar-refractivity contribution is 0.0743. The van der Waals surface area contributed by atoms with Gasteiger partial charge in [0.2, 0.25) is 10.0 Å². The van der Waals surface area contributed by atoms with E-state index in [1.165, 1.54) is 12.1 Å². The predicted molar refractivity (Wildman–Crippen MR) is 101 cm³/mol. The smallest absolute Gasteiger partial charge is 0.254 e. The second-order valence-electron chi connectivity index (χ2n) is 6.91. The highest BCUT2D eigenvalue weighted by Crippen LogP contribution is 2.24. The van der Waals surface area contributed by atoms with Gasteiger partial charge in [-0.1, -0.05) is 13.8 Å². The van der Waals surface area contributed by atoms with Crippen LogP contribution in [0, 0.1) is 11.8 Å². The van der Waals surface area contributed by atoms with Crippen LogP contribution in [-0.4, -0.2) is 44.9 Å². The maximum atomic E-state index is 12.6. The zero-order valence-corrected chi connectivity index (χ0v) is 16.6. The molecule has 2 rings (SSSR count). The Hall–Kier alpha value is -1.15. The maximum absolute atomic E-state index is 12.6. The molecule has 142 valence electrons. The van der Waals surface area contributed by atoms with E-state index < -0.39 is 10.0 Å². The van der Waals surface area contributed by atoms with Gasteiger partial charge >= 0.3 is 0 Å². The first-order chi connectivity index (χ1) is 11.2. The van der Waals surface area contributed by atoms with Gasteiger partial charge in [-0.25, -0.2) is 13.1 Å². The number of likely N-dealkylation sites (tertiary alicyclic amines) is 1. The van der Waals surface area contributed by atoms with E-state index in [4.69, 9.17) is 5.73 Å². The molecule has 0 aliphatic carbocycles. The van der Waals surface area contributed by atoms with Gasteiger partial charge in [0.1, 0.15) is 0 Å². The summed E-state index contributed by atoms with van der Waals surface area (Å²) in [4.78, 5) is 14.6. The van der Waals surface area contributed by atoms with E-state index in [1.807, 2.05) is 25.7 Å². The number of nitrogens with zero attached hydrogens (tertiary/aromatic N) is 1. The molecule has 1 aromatic carbocycles. The van der Waals surface area contributed by atoms with E-state index >= 15 is 0 Å². The molecule has 6 nitrogen and oxygen atoms in total. The van der Waals surface area contributed by atoms with Gasteiger partial charge in [0.15, 0.2) is 0 Å². The fraction of sp³-hybridized carbons (Fsp3) is 0.588. The fourth-order valence-corrected chi connectivity index (χ4v) is 4.11. The van der Waals surface area contributed by atoms with E-state index in [9.17, 15) is 13.2 Å². The normalized spacial score (nSPS) is 20.6. The third-order valence-corrected chi connectivity index (χ3v) is 5.79. The number of halogens is 1. The summed E-state index contributed by atoms with van der Waals surface area (Å²) in [6, 6.07) is 6.28. The van der Waals surface area contributed by atoms with Crippen LogP contribution >= 0.6 is 12.4 Å². The summed E-state index contributed by atoms with van der Waals surface area (Å²) >= 11 is 0. The van der Waals surface area contributed by atoms with Gasteiger partial charge in [0.05, 0.1) is 4.90 Å². The second kappa shape index (κ2) is 8.98. The molecule has 0 spiro atoms. The molecule has 0 saturated carbocycles. The number of sulfonamides is 1. The molecule has 1 amide bonds. The largest absolute Gasteiger partial charge is 0.336 e. The Balaban J connectivity index is 0.00000312. The van der Waals surface area contributed by atoms with Crippen LogP contribution in [0.1, 0.15) is 37.6 Å². The first-order valence-corrected chi connectivity index (χ1v) is 9.83. The number of hydrogen-bond acceptors (Lipinski definition) is 4. The van der Waals surface area contributed by atoms with Crippen LogP contribution in [-0.2, 0) is 10.0 Å². The van der Waals surface area contributed by atoms with Crippen LogP contribution in [0.2, 0.25) is 0 Å². The first-order valence-electron chi connectivity index (χ1n) is 8.35. The Kier molecular flexibility index (Phi) is 7.87. The van der Waals surface area contributed by atoms with E-state index in [2.05, 4.69) is 4.72 Å². The van der Waals surface area contributed by atoms with Crippen LogP contribution in [0.5, 0.6) is 0 Å². The number of nitrogens with two attached hydrogens (primary N) is 1. The summed E-state index contributed by atoms with van der Waals surface area (Å²) in [5.74, 6) is 0.495. The van der Waals surface area contributed by atoms with Crippen LogP contribution in [0.25, 0.3) is 0 Å². The molecule has 1 aliphatic rings. The Labute approximate surface area is 156 Å². The quantitative estimate of drug-likeness (QED) is 0.776. The van der Waals surface area contributed by atoms with Gasteiger partial charge in [-0.15, -0.1) is 12.4 Å². The minimum atomic E-state index is -3.53. The van der Waals surface area contributed by atoms with E-state index in [1.54, 1.807) is 12.1 Å². The van der Waals surface area contributed by atoms with Crippen molar-refractivity contribution in [2.24, 2.45) is 17.6 Å². The summed E-state index contributed by atoms with van der Waals surface area (Å²) in [7, 11) is -3.53. The third kappa shape index (κ3) is 5.41. The predicted octanol–water partition coefficient (Wildman–Crippen LogP) is 1.85. The van der Waals surface area contributed by atoms with Gasteiger partial charge in [-0.05, 0) is 56.0 Å². The van der Waals surface area contributed by atoms with Gasteiger partial charge in [-0.3, -0.25) is 4.79 Å². The Morgan fingerprint density at radius 2 is 1.92 bits per heavy atom. The average Bonchev–Trinajstić information content (AvgIpc) is 2.93. The summed E-state index contributed by atoms with van der Waals surface area (Å²) in [5, 5.41) is 0. The zero-order chi connectivity index (χ0) is 17.9. The number of benzene rings is 1. The average molecular weight is 390 g/mol. The molecule has 2 atom stereocenters. The minimum Gasteiger partial charge on any atom is -0.336 e. The van der Waals surface area contributed by atoms with Crippen molar-refractivity contribution in [2.45, 2.75) is 38.1 Å². The van der Waals surface area contributed by atoms with Crippen molar-refractivity contribution in [3.8, 4) is 0 Å². The SMILES string of the molecule is CC(C)CNS(=O)(=O)c1ccc(C(=O)N2CC(CN)CC2C)cc1.Cl. The number of amides is 1. The second-order valence-corrected chi connectivity index (χ2v) is 8.68. The highest BCUT2D eigenvalue weighted by Gasteiger charge is 2.32. The monoisotopic (exact) mass is 389 g/mol. The van der Waals surface area contributed by atoms with Crippen molar-refractivity contribution in [3.05, 3.63) is 29.8 Å². The lowest BCUT2D eigenvalue weighted by Gasteiger charge is -2.21. The molecule has 2 unspecified atom stereocenters. The molecular weight excluding hydrogens is 362 g/mol. The molecule has 0 bridgehead atoms. The highest BCUT2D eigenvalue weighted by molar-refractivity contribution is 7.89. The van der Waals surface area contributed by atoms with Crippen molar-refractivity contribution in [3.63, 3.8) is 0 Å². The van der Waals surface area contributed by atoms with Crippen LogP contribution in [0.4, 0.5) is 0 Å². The van der Waals surface area contributed by atoms with Crippen molar-refractivity contribution in [1.82, 2.24) is 9.62 Å². The molecule has 3 N–H and O–H groups in total. The van der Waals surface area contributed by atoms with Crippen LogP contribution in [0.15, 0.2) is 29.2 Å². The summed E-state index contributed by atoms with van der Waals surface area (Å²) < 4.78 is 26.9. The van der Waals surface area contributed by atoms with Gasteiger partial charge < -0.3 is 10.6 Å². The van der Waals surface area contributed by atoms with Crippen molar-refractivity contribution < 1.29 is 13.2 Å².